The van der Waals surface area contributed by atoms with Gasteiger partial charge in [-0.25, -0.2) is 9.59 Å². The van der Waals surface area contributed by atoms with E-state index in [0.717, 1.165) is 24.8 Å². The van der Waals surface area contributed by atoms with Crippen LogP contribution < -0.4 is 0 Å². The number of rotatable bonds is 6. The molecule has 2 N–H and O–H groups in total. The minimum atomic E-state index is -0.746. The van der Waals surface area contributed by atoms with Gasteiger partial charge in [-0.1, -0.05) is 50.3 Å². The minimum absolute atomic E-state index is 0.0105. The fraction of sp³-hybridized carbons (Fsp3) is 0.586. The fourth-order valence-electron chi connectivity index (χ4n) is 7.24. The molecular weight excluding hydrogens is 460 g/mol. The number of carbonyl (C=O) groups excluding carboxylic acids is 2. The summed E-state index contributed by atoms with van der Waals surface area (Å²) >= 11 is 0. The number of cyclic esters (lactones) is 1. The predicted molar refractivity (Wildman–Crippen MR) is 132 cm³/mol. The number of fused-ring (bicyclic) bond motifs is 1. The Kier molecular flexibility index (Phi) is 6.60. The second-order valence-corrected chi connectivity index (χ2v) is 11.4. The van der Waals surface area contributed by atoms with Crippen LogP contribution in [0.4, 0.5) is 0 Å². The molecule has 2 aliphatic carbocycles. The molecule has 0 amide bonds. The summed E-state index contributed by atoms with van der Waals surface area (Å²) in [5.74, 6) is -0.719. The lowest BCUT2D eigenvalue weighted by Crippen LogP contribution is -2.60. The average molecular weight is 497 g/mol. The first kappa shape index (κ1) is 25.2. The van der Waals surface area contributed by atoms with Crippen molar-refractivity contribution in [3.8, 4) is 0 Å². The van der Waals surface area contributed by atoms with Crippen LogP contribution in [0.15, 0.2) is 48.1 Å². The first-order valence-corrected chi connectivity index (χ1v) is 13.0. The number of benzene rings is 1. The summed E-state index contributed by atoms with van der Waals surface area (Å²) in [7, 11) is 0. The largest absolute Gasteiger partial charge is 0.458 e. The molecule has 1 aromatic carbocycles. The van der Waals surface area contributed by atoms with E-state index in [0.29, 0.717) is 25.0 Å². The third-order valence-corrected chi connectivity index (χ3v) is 9.44. The maximum absolute atomic E-state index is 12.6. The molecule has 7 nitrogen and oxygen atoms in total. The third-order valence-electron chi connectivity index (χ3n) is 9.44. The van der Waals surface area contributed by atoms with Crippen LogP contribution >= 0.6 is 0 Å². The van der Waals surface area contributed by atoms with E-state index in [2.05, 4.69) is 6.92 Å². The molecule has 0 radical (unpaired) electrons. The van der Waals surface area contributed by atoms with E-state index in [1.165, 1.54) is 6.08 Å². The van der Waals surface area contributed by atoms with Crippen molar-refractivity contribution in [1.29, 1.82) is 0 Å². The number of allylic oxidation sites excluding steroid dienone is 1. The van der Waals surface area contributed by atoms with Gasteiger partial charge in [0.2, 0.25) is 0 Å². The number of ether oxygens (including phenoxy) is 3. The molecular formula is C29H36O7. The first-order valence-electron chi connectivity index (χ1n) is 13.0. The molecule has 4 aliphatic rings. The average Bonchev–Trinajstić information content (AvgIpc) is 3.57. The normalized spacial score (nSPS) is 40.9. The first-order chi connectivity index (χ1) is 17.2. The van der Waals surface area contributed by atoms with Gasteiger partial charge in [0.25, 0.3) is 0 Å². The van der Waals surface area contributed by atoms with Crippen LogP contribution in [-0.2, 0) is 23.8 Å². The van der Waals surface area contributed by atoms with Crippen molar-refractivity contribution in [2.75, 3.05) is 19.8 Å². The standard InChI is InChI=1S/C29H36O7/c1-27-14-13-24(31)28(2,17-30)22(27)12-15-29(18-35-29)23(27)10-9-20-21(16-34-26(20)33)36-25(32)11-8-19-6-4-3-5-7-19/h3-9,11,21-24,30-31H,10,12-18H2,1-2H3/t21-,22?,23?,24-,27+,28+,29+/m1/s1. The maximum Gasteiger partial charge on any atom is 0.337 e. The Hall–Kier alpha value is -2.48. The molecule has 36 heavy (non-hydrogen) atoms. The topological polar surface area (TPSA) is 106 Å². The Labute approximate surface area is 212 Å². The monoisotopic (exact) mass is 496 g/mol. The second kappa shape index (κ2) is 9.43. The zero-order chi connectivity index (χ0) is 25.6. The van der Waals surface area contributed by atoms with Crippen LogP contribution in [0.25, 0.3) is 6.08 Å². The number of epoxide rings is 1. The predicted octanol–water partition coefficient (Wildman–Crippen LogP) is 3.44. The summed E-state index contributed by atoms with van der Waals surface area (Å²) in [6.07, 6.45) is 7.44. The Morgan fingerprint density at radius 3 is 2.64 bits per heavy atom. The molecule has 0 aromatic heterocycles. The molecule has 2 saturated heterocycles. The van der Waals surface area contributed by atoms with Gasteiger partial charge in [0.1, 0.15) is 6.61 Å². The van der Waals surface area contributed by atoms with Crippen LogP contribution in [0.2, 0.25) is 0 Å². The molecule has 7 heteroatoms. The van der Waals surface area contributed by atoms with E-state index in [4.69, 9.17) is 14.2 Å². The van der Waals surface area contributed by atoms with Gasteiger partial charge >= 0.3 is 11.9 Å². The van der Waals surface area contributed by atoms with Gasteiger partial charge in [-0.3, -0.25) is 0 Å². The van der Waals surface area contributed by atoms with Crippen LogP contribution in [-0.4, -0.2) is 59.8 Å². The van der Waals surface area contributed by atoms with Crippen LogP contribution in [0.1, 0.15) is 51.5 Å². The molecule has 4 fully saturated rings. The second-order valence-electron chi connectivity index (χ2n) is 11.4. The molecule has 2 aliphatic heterocycles. The Morgan fingerprint density at radius 1 is 1.19 bits per heavy atom. The third kappa shape index (κ3) is 4.31. The number of carbonyl (C=O) groups is 2. The number of esters is 2. The van der Waals surface area contributed by atoms with Crippen molar-refractivity contribution >= 4 is 18.0 Å². The highest BCUT2D eigenvalue weighted by Crippen LogP contribution is 2.66. The van der Waals surface area contributed by atoms with E-state index in [-0.39, 0.29) is 36.1 Å². The molecule has 5 rings (SSSR count). The van der Waals surface area contributed by atoms with Gasteiger partial charge in [0.15, 0.2) is 6.10 Å². The van der Waals surface area contributed by atoms with Crippen molar-refractivity contribution in [1.82, 2.24) is 0 Å². The van der Waals surface area contributed by atoms with Gasteiger partial charge in [-0.15, -0.1) is 0 Å². The number of aliphatic hydroxyl groups excluding tert-OH is 2. The van der Waals surface area contributed by atoms with E-state index in [9.17, 15) is 19.8 Å². The Morgan fingerprint density at radius 2 is 1.94 bits per heavy atom. The Balaban J connectivity index is 1.34. The van der Waals surface area contributed by atoms with Crippen LogP contribution in [0.3, 0.4) is 0 Å². The van der Waals surface area contributed by atoms with Crippen molar-refractivity contribution in [2.45, 2.75) is 63.8 Å². The zero-order valence-electron chi connectivity index (χ0n) is 21.0. The maximum atomic E-state index is 12.6. The molecule has 2 saturated carbocycles. The summed E-state index contributed by atoms with van der Waals surface area (Å²) in [6, 6.07) is 9.45. The van der Waals surface area contributed by atoms with Crippen molar-refractivity contribution in [2.24, 2.45) is 22.7 Å². The molecule has 194 valence electrons. The van der Waals surface area contributed by atoms with Gasteiger partial charge in [-0.05, 0) is 61.0 Å². The SMILES string of the molecule is C[C@]12CC[C@@H](O)[C@@](C)(CO)C1CC[C@]1(CO1)C2CC=C1C(=O)OC[C@H]1OC(=O)C=Cc1ccccc1. The molecule has 7 atom stereocenters. The molecule has 1 aromatic rings. The van der Waals surface area contributed by atoms with Crippen molar-refractivity contribution in [3.05, 3.63) is 53.6 Å². The number of hydrogen-bond donors (Lipinski definition) is 2. The van der Waals surface area contributed by atoms with Crippen molar-refractivity contribution < 1.29 is 34.0 Å². The van der Waals surface area contributed by atoms with Crippen molar-refractivity contribution in [3.63, 3.8) is 0 Å². The van der Waals surface area contributed by atoms with E-state index < -0.39 is 29.6 Å². The van der Waals surface area contributed by atoms with Gasteiger partial charge in [-0.2, -0.15) is 0 Å². The molecule has 2 heterocycles. The van der Waals surface area contributed by atoms with E-state index in [1.807, 2.05) is 43.3 Å². The zero-order valence-corrected chi connectivity index (χ0v) is 21.0. The summed E-state index contributed by atoms with van der Waals surface area (Å²) in [5.41, 5.74) is 0.304. The lowest BCUT2D eigenvalue weighted by molar-refractivity contribution is -0.175. The highest BCUT2D eigenvalue weighted by molar-refractivity contribution is 5.93. The molecule has 0 bridgehead atoms. The smallest absolute Gasteiger partial charge is 0.337 e. The summed E-state index contributed by atoms with van der Waals surface area (Å²) in [5, 5.41) is 21.0. The highest BCUT2D eigenvalue weighted by atomic mass is 16.6. The molecule has 2 unspecified atom stereocenters. The quantitative estimate of drug-likeness (QED) is 0.353. The van der Waals surface area contributed by atoms with Gasteiger partial charge in [0, 0.05) is 11.5 Å². The van der Waals surface area contributed by atoms with Crippen LogP contribution in [0.5, 0.6) is 0 Å². The number of aliphatic hydroxyl groups is 2. The fourth-order valence-corrected chi connectivity index (χ4v) is 7.24. The Bertz CT molecular complexity index is 1060. The van der Waals surface area contributed by atoms with Gasteiger partial charge in [0.05, 0.1) is 30.5 Å². The minimum Gasteiger partial charge on any atom is -0.458 e. The van der Waals surface area contributed by atoms with E-state index >= 15 is 0 Å². The summed E-state index contributed by atoms with van der Waals surface area (Å²) in [4.78, 5) is 25.0. The van der Waals surface area contributed by atoms with E-state index in [1.54, 1.807) is 6.08 Å². The number of hydrogen-bond acceptors (Lipinski definition) is 7. The highest BCUT2D eigenvalue weighted by Gasteiger charge is 2.66. The summed E-state index contributed by atoms with van der Waals surface area (Å²) in [6.45, 7) is 4.89. The van der Waals surface area contributed by atoms with Gasteiger partial charge < -0.3 is 24.4 Å². The summed E-state index contributed by atoms with van der Waals surface area (Å²) < 4.78 is 16.9. The lowest BCUT2D eigenvalue weighted by Gasteiger charge is -2.60. The molecule has 1 spiro atoms. The van der Waals surface area contributed by atoms with Crippen LogP contribution in [0, 0.1) is 22.7 Å². The lowest BCUT2D eigenvalue weighted by atomic mass is 9.45.